The van der Waals surface area contributed by atoms with Gasteiger partial charge in [-0.3, -0.25) is 24.3 Å². The molecule has 2 aromatic heterocycles. The summed E-state index contributed by atoms with van der Waals surface area (Å²) in [5.74, 6) is 1.52. The number of aliphatic imine (C=N–C) groups is 1. The first-order chi connectivity index (χ1) is 16.0. The lowest BCUT2D eigenvalue weighted by molar-refractivity contribution is 0.0861. The van der Waals surface area contributed by atoms with E-state index in [-0.39, 0.29) is 11.9 Å². The van der Waals surface area contributed by atoms with Gasteiger partial charge in [-0.2, -0.15) is 5.10 Å². The summed E-state index contributed by atoms with van der Waals surface area (Å²) in [6, 6.07) is 15.1. The van der Waals surface area contributed by atoms with E-state index < -0.39 is 0 Å². The summed E-state index contributed by atoms with van der Waals surface area (Å²) >= 11 is 1.58. The molecule has 1 aromatic carbocycles. The number of aryl methyl sites for hydroxylation is 1. The maximum atomic E-state index is 13.3. The Hall–Kier alpha value is -3.13. The fraction of sp³-hybridized carbons (Fsp3) is 0.360. The highest BCUT2D eigenvalue weighted by molar-refractivity contribution is 7.98. The summed E-state index contributed by atoms with van der Waals surface area (Å²) in [7, 11) is 1.83. The van der Waals surface area contributed by atoms with Crippen molar-refractivity contribution in [2.75, 3.05) is 18.2 Å². The molecule has 7 nitrogen and oxygen atoms in total. The molecule has 4 heterocycles. The van der Waals surface area contributed by atoms with E-state index in [0.717, 1.165) is 52.2 Å². The number of hydrogen-bond donors (Lipinski definition) is 0. The molecule has 33 heavy (non-hydrogen) atoms. The van der Waals surface area contributed by atoms with Crippen LogP contribution in [0.15, 0.2) is 52.5 Å². The average Bonchev–Trinajstić information content (AvgIpc) is 3.51. The lowest BCUT2D eigenvalue weighted by Gasteiger charge is -2.34. The number of anilines is 1. The van der Waals surface area contributed by atoms with Gasteiger partial charge in [0.1, 0.15) is 10.6 Å². The highest BCUT2D eigenvalue weighted by atomic mass is 32.2. The number of carbonyl (C=O) groups excluding carboxylic acids is 1. The van der Waals surface area contributed by atoms with E-state index in [4.69, 9.17) is 10.1 Å². The van der Waals surface area contributed by atoms with E-state index in [2.05, 4.69) is 34.1 Å². The quantitative estimate of drug-likeness (QED) is 0.548. The molecule has 0 saturated heterocycles. The zero-order valence-electron chi connectivity index (χ0n) is 19.0. The Morgan fingerprint density at radius 3 is 2.70 bits per heavy atom. The molecule has 3 aromatic rings. The van der Waals surface area contributed by atoms with Gasteiger partial charge in [-0.05, 0) is 50.1 Å². The number of carbonyl (C=O) groups is 1. The molecule has 0 radical (unpaired) electrons. The van der Waals surface area contributed by atoms with Crippen LogP contribution in [0.4, 0.5) is 5.82 Å². The Balaban J connectivity index is 1.35. The number of pyridine rings is 1. The molecule has 1 amide bonds. The molecule has 1 saturated carbocycles. The first-order valence-corrected chi connectivity index (χ1v) is 12.6. The SMILES string of the molecule is CSc1c2c(nn1Cc1ccc(-c3cccc(C)n3)cc1)N1C(=N[C@@H]3CCC[C@@H]31)N(C)C2=O. The average molecular weight is 459 g/mol. The van der Waals surface area contributed by atoms with E-state index >= 15 is 0 Å². The minimum Gasteiger partial charge on any atom is -0.289 e. The molecule has 3 aliphatic rings. The summed E-state index contributed by atoms with van der Waals surface area (Å²) in [6.45, 7) is 2.61. The van der Waals surface area contributed by atoms with Gasteiger partial charge in [-0.1, -0.05) is 30.3 Å². The molecule has 8 heteroatoms. The van der Waals surface area contributed by atoms with Gasteiger partial charge < -0.3 is 0 Å². The van der Waals surface area contributed by atoms with E-state index in [1.165, 1.54) is 6.42 Å². The van der Waals surface area contributed by atoms with Crippen molar-refractivity contribution in [3.63, 3.8) is 0 Å². The van der Waals surface area contributed by atoms with Crippen molar-refractivity contribution in [2.24, 2.45) is 4.99 Å². The third kappa shape index (κ3) is 3.19. The van der Waals surface area contributed by atoms with Gasteiger partial charge in [0.2, 0.25) is 5.96 Å². The second-order valence-corrected chi connectivity index (χ2v) is 9.75. The van der Waals surface area contributed by atoms with Gasteiger partial charge >= 0.3 is 0 Å². The monoisotopic (exact) mass is 458 g/mol. The molecule has 0 unspecified atom stereocenters. The van der Waals surface area contributed by atoms with Crippen LogP contribution in [0, 0.1) is 6.92 Å². The van der Waals surface area contributed by atoms with Crippen LogP contribution in [0.25, 0.3) is 11.3 Å². The maximum absolute atomic E-state index is 13.3. The molecule has 0 bridgehead atoms. The maximum Gasteiger partial charge on any atom is 0.266 e. The molecule has 1 fully saturated rings. The summed E-state index contributed by atoms with van der Waals surface area (Å²) in [5, 5.41) is 5.89. The summed E-state index contributed by atoms with van der Waals surface area (Å²) in [4.78, 5) is 26.7. The van der Waals surface area contributed by atoms with Gasteiger partial charge in [-0.15, -0.1) is 11.8 Å². The smallest absolute Gasteiger partial charge is 0.266 e. The fourth-order valence-electron chi connectivity index (χ4n) is 5.25. The zero-order chi connectivity index (χ0) is 22.7. The van der Waals surface area contributed by atoms with E-state index in [9.17, 15) is 4.79 Å². The van der Waals surface area contributed by atoms with Crippen molar-refractivity contribution in [1.29, 1.82) is 0 Å². The standard InChI is InChI=1S/C25H26N6OS/c1-15-6-4-7-18(26-15)17-12-10-16(11-13-17)14-30-24(33-3)21-22(28-30)31-20-9-5-8-19(20)27-25(31)29(2)23(21)32/h4,6-7,10-13,19-20H,5,8-9,14H2,1-3H3/t19-,20+/m1/s1. The topological polar surface area (TPSA) is 66.6 Å². The van der Waals surface area contributed by atoms with Crippen molar-refractivity contribution in [2.45, 2.75) is 49.8 Å². The minimum absolute atomic E-state index is 0.0172. The number of rotatable bonds is 4. The van der Waals surface area contributed by atoms with Crippen molar-refractivity contribution in [3.8, 4) is 11.3 Å². The lowest BCUT2D eigenvalue weighted by Crippen LogP contribution is -2.51. The third-order valence-corrected chi connectivity index (χ3v) is 7.67. The predicted molar refractivity (Wildman–Crippen MR) is 131 cm³/mol. The Morgan fingerprint density at radius 1 is 1.12 bits per heavy atom. The number of thioether (sulfide) groups is 1. The van der Waals surface area contributed by atoms with E-state index in [1.807, 2.05) is 43.1 Å². The Bertz CT molecular complexity index is 1280. The first kappa shape index (κ1) is 20.5. The van der Waals surface area contributed by atoms with Crippen molar-refractivity contribution in [3.05, 3.63) is 59.3 Å². The summed E-state index contributed by atoms with van der Waals surface area (Å²) in [5.41, 5.74) is 4.91. The van der Waals surface area contributed by atoms with Crippen LogP contribution in [-0.4, -0.2) is 56.9 Å². The third-order valence-electron chi connectivity index (χ3n) is 6.87. The zero-order valence-corrected chi connectivity index (χ0v) is 19.8. The molecular formula is C25H26N6OS. The van der Waals surface area contributed by atoms with Gasteiger partial charge in [0, 0.05) is 18.3 Å². The molecule has 0 spiro atoms. The van der Waals surface area contributed by atoms with Crippen molar-refractivity contribution in [1.82, 2.24) is 19.7 Å². The number of benzene rings is 1. The number of aromatic nitrogens is 3. The number of guanidine groups is 1. The lowest BCUT2D eigenvalue weighted by atomic mass is 10.1. The Kier molecular flexibility index (Phi) is 4.79. The largest absolute Gasteiger partial charge is 0.289 e. The van der Waals surface area contributed by atoms with Crippen LogP contribution in [-0.2, 0) is 6.54 Å². The van der Waals surface area contributed by atoms with Crippen LogP contribution < -0.4 is 4.90 Å². The van der Waals surface area contributed by atoms with Crippen molar-refractivity contribution < 1.29 is 4.79 Å². The van der Waals surface area contributed by atoms with Gasteiger partial charge in [0.05, 0.1) is 24.3 Å². The van der Waals surface area contributed by atoms with Crippen LogP contribution in [0.1, 0.15) is 40.9 Å². The fourth-order valence-corrected chi connectivity index (χ4v) is 5.95. The summed E-state index contributed by atoms with van der Waals surface area (Å²) < 4.78 is 1.98. The molecule has 168 valence electrons. The number of nitrogens with zero attached hydrogens (tertiary/aromatic N) is 6. The predicted octanol–water partition coefficient (Wildman–Crippen LogP) is 4.21. The van der Waals surface area contributed by atoms with Crippen LogP contribution in [0.5, 0.6) is 0 Å². The summed E-state index contributed by atoms with van der Waals surface area (Å²) in [6.07, 6.45) is 5.36. The van der Waals surface area contributed by atoms with E-state index in [1.54, 1.807) is 16.7 Å². The van der Waals surface area contributed by atoms with E-state index in [0.29, 0.717) is 18.2 Å². The van der Waals surface area contributed by atoms with Crippen LogP contribution >= 0.6 is 11.8 Å². The molecular weight excluding hydrogens is 432 g/mol. The van der Waals surface area contributed by atoms with Gasteiger partial charge in [0.15, 0.2) is 5.82 Å². The second kappa shape index (κ2) is 7.73. The molecule has 1 aliphatic carbocycles. The Morgan fingerprint density at radius 2 is 1.94 bits per heavy atom. The minimum atomic E-state index is -0.0172. The Labute approximate surface area is 197 Å². The number of fused-ring (bicyclic) bond motifs is 5. The molecule has 2 aliphatic heterocycles. The van der Waals surface area contributed by atoms with Gasteiger partial charge in [-0.25, -0.2) is 4.99 Å². The van der Waals surface area contributed by atoms with Crippen LogP contribution in [0.3, 0.4) is 0 Å². The highest BCUT2D eigenvalue weighted by Crippen LogP contribution is 2.42. The second-order valence-electron chi connectivity index (χ2n) is 8.96. The first-order valence-electron chi connectivity index (χ1n) is 11.4. The van der Waals surface area contributed by atoms with Crippen LogP contribution in [0.2, 0.25) is 0 Å². The van der Waals surface area contributed by atoms with Crippen molar-refractivity contribution >= 4 is 29.4 Å². The molecule has 2 atom stereocenters. The normalized spacial score (nSPS) is 21.2. The molecule has 0 N–H and O–H groups in total. The number of amides is 1. The van der Waals surface area contributed by atoms with Gasteiger partial charge in [0.25, 0.3) is 5.91 Å². The number of hydrogen-bond acceptors (Lipinski definition) is 6. The highest BCUT2D eigenvalue weighted by Gasteiger charge is 2.49. The molecule has 6 rings (SSSR count).